The van der Waals surface area contributed by atoms with Crippen molar-refractivity contribution in [2.45, 2.75) is 38.1 Å². The molecule has 0 aromatic heterocycles. The number of benzene rings is 2. The highest BCUT2D eigenvalue weighted by molar-refractivity contribution is 7.89. The third-order valence-electron chi connectivity index (χ3n) is 4.53. The van der Waals surface area contributed by atoms with Gasteiger partial charge in [0.15, 0.2) is 0 Å². The number of carbonyl (C=O) groups is 2. The number of rotatable bonds is 8. The molecule has 0 saturated heterocycles. The maximum Gasteiger partial charge on any atom is 0.253 e. The minimum Gasteiger partial charge on any atom is -0.350 e. The number of amides is 2. The van der Waals surface area contributed by atoms with E-state index in [4.69, 9.17) is 0 Å². The van der Waals surface area contributed by atoms with Gasteiger partial charge < -0.3 is 10.6 Å². The van der Waals surface area contributed by atoms with E-state index in [1.165, 1.54) is 19.2 Å². The minimum atomic E-state index is -3.80. The van der Waals surface area contributed by atoms with Crippen molar-refractivity contribution < 1.29 is 18.0 Å². The summed E-state index contributed by atoms with van der Waals surface area (Å²) in [6.45, 7) is 5.34. The second kappa shape index (κ2) is 9.67. The monoisotopic (exact) mass is 417 g/mol. The lowest BCUT2D eigenvalue weighted by Crippen LogP contribution is -2.36. The molecule has 29 heavy (non-hydrogen) atoms. The lowest BCUT2D eigenvalue weighted by molar-refractivity contribution is -0.116. The highest BCUT2D eigenvalue weighted by Crippen LogP contribution is 2.17. The molecule has 0 aliphatic rings. The van der Waals surface area contributed by atoms with Gasteiger partial charge in [-0.1, -0.05) is 36.8 Å². The molecular weight excluding hydrogens is 390 g/mol. The van der Waals surface area contributed by atoms with Crippen molar-refractivity contribution in [3.8, 4) is 0 Å². The number of hydrogen-bond donors (Lipinski definition) is 2. The zero-order chi connectivity index (χ0) is 21.6. The summed E-state index contributed by atoms with van der Waals surface area (Å²) in [5, 5.41) is 5.49. The van der Waals surface area contributed by atoms with Gasteiger partial charge in [-0.15, -0.1) is 0 Å². The average molecular weight is 418 g/mol. The number of sulfonamides is 1. The van der Waals surface area contributed by atoms with Gasteiger partial charge in [-0.3, -0.25) is 9.59 Å². The Morgan fingerprint density at radius 2 is 1.69 bits per heavy atom. The summed E-state index contributed by atoms with van der Waals surface area (Å²) in [4.78, 5) is 25.0. The largest absolute Gasteiger partial charge is 0.350 e. The van der Waals surface area contributed by atoms with Gasteiger partial charge in [-0.05, 0) is 44.5 Å². The van der Waals surface area contributed by atoms with Gasteiger partial charge in [0, 0.05) is 13.1 Å². The van der Waals surface area contributed by atoms with E-state index in [9.17, 15) is 18.0 Å². The van der Waals surface area contributed by atoms with Gasteiger partial charge in [0.2, 0.25) is 15.9 Å². The predicted octanol–water partition coefficient (Wildman–Crippen LogP) is 2.78. The van der Waals surface area contributed by atoms with Crippen LogP contribution >= 0.6 is 0 Å². The van der Waals surface area contributed by atoms with Crippen molar-refractivity contribution in [2.75, 3.05) is 18.9 Å². The molecule has 2 amide bonds. The Morgan fingerprint density at radius 1 is 1.07 bits per heavy atom. The number of hydrogen-bond acceptors (Lipinski definition) is 4. The molecule has 156 valence electrons. The molecule has 0 spiro atoms. The summed E-state index contributed by atoms with van der Waals surface area (Å²) in [6.07, 6.45) is 0.780. The van der Waals surface area contributed by atoms with Crippen molar-refractivity contribution in [3.63, 3.8) is 0 Å². The van der Waals surface area contributed by atoms with Crippen molar-refractivity contribution in [2.24, 2.45) is 0 Å². The lowest BCUT2D eigenvalue weighted by Gasteiger charge is -2.18. The molecule has 1 unspecified atom stereocenters. The van der Waals surface area contributed by atoms with Gasteiger partial charge in [0.1, 0.15) is 0 Å². The molecule has 2 rings (SSSR count). The van der Waals surface area contributed by atoms with E-state index in [-0.39, 0.29) is 23.4 Å². The van der Waals surface area contributed by atoms with Crippen LogP contribution in [0.4, 0.5) is 5.69 Å². The summed E-state index contributed by atoms with van der Waals surface area (Å²) >= 11 is 0. The van der Waals surface area contributed by atoms with Crippen LogP contribution in [0.3, 0.4) is 0 Å². The number of carbonyl (C=O) groups excluding carboxylic acids is 2. The van der Waals surface area contributed by atoms with Gasteiger partial charge >= 0.3 is 0 Å². The second-order valence-corrected chi connectivity index (χ2v) is 9.00. The summed E-state index contributed by atoms with van der Waals surface area (Å²) in [6, 6.07) is 13.0. The first-order valence-electron chi connectivity index (χ1n) is 9.38. The van der Waals surface area contributed by atoms with Gasteiger partial charge in [0.25, 0.3) is 5.91 Å². The van der Waals surface area contributed by atoms with Crippen LogP contribution in [-0.4, -0.2) is 44.2 Å². The summed E-state index contributed by atoms with van der Waals surface area (Å²) in [5.41, 5.74) is 1.60. The van der Waals surface area contributed by atoms with Gasteiger partial charge in [-0.25, -0.2) is 8.42 Å². The molecule has 1 atom stereocenters. The molecule has 2 aromatic rings. The van der Waals surface area contributed by atoms with Crippen LogP contribution in [0.5, 0.6) is 0 Å². The van der Waals surface area contributed by atoms with Crippen molar-refractivity contribution in [1.82, 2.24) is 9.62 Å². The van der Waals surface area contributed by atoms with Crippen LogP contribution in [0.25, 0.3) is 0 Å². The first kappa shape index (κ1) is 22.6. The first-order chi connectivity index (χ1) is 13.6. The first-order valence-corrected chi connectivity index (χ1v) is 10.8. The number of likely N-dealkylation sites (N-methyl/N-ethyl adjacent to an activating group) is 1. The van der Waals surface area contributed by atoms with E-state index < -0.39 is 15.9 Å². The molecular formula is C21H27N3O4S. The normalized spacial score (nSPS) is 12.4. The van der Waals surface area contributed by atoms with Crippen LogP contribution in [0.2, 0.25) is 0 Å². The van der Waals surface area contributed by atoms with Crippen LogP contribution in [0, 0.1) is 6.92 Å². The Balaban J connectivity index is 2.11. The summed E-state index contributed by atoms with van der Waals surface area (Å²) in [5.74, 6) is -0.831. The molecule has 0 saturated carbocycles. The van der Waals surface area contributed by atoms with Crippen molar-refractivity contribution in [3.05, 3.63) is 59.7 Å². The highest BCUT2D eigenvalue weighted by Gasteiger charge is 2.23. The molecule has 0 fully saturated rings. The molecule has 7 nitrogen and oxygen atoms in total. The smallest absolute Gasteiger partial charge is 0.253 e. The Kier molecular flexibility index (Phi) is 7.53. The van der Waals surface area contributed by atoms with Gasteiger partial charge in [-0.2, -0.15) is 4.31 Å². The maximum absolute atomic E-state index is 12.6. The third-order valence-corrected chi connectivity index (χ3v) is 6.35. The number of anilines is 1. The molecule has 2 aromatic carbocycles. The quantitative estimate of drug-likeness (QED) is 0.690. The Hall–Kier alpha value is -2.71. The van der Waals surface area contributed by atoms with Crippen LogP contribution in [0.1, 0.15) is 36.2 Å². The van der Waals surface area contributed by atoms with E-state index in [1.807, 2.05) is 20.8 Å². The predicted molar refractivity (Wildman–Crippen MR) is 113 cm³/mol. The van der Waals surface area contributed by atoms with Crippen molar-refractivity contribution in [1.29, 1.82) is 0 Å². The number of aryl methyl sites for hydroxylation is 1. The van der Waals surface area contributed by atoms with E-state index in [1.54, 1.807) is 36.4 Å². The zero-order valence-electron chi connectivity index (χ0n) is 17.1. The Labute approximate surface area is 172 Å². The van der Waals surface area contributed by atoms with E-state index in [0.29, 0.717) is 11.3 Å². The fourth-order valence-corrected chi connectivity index (χ4v) is 3.69. The SMILES string of the molecule is CCC(C)NC(=O)c1ccccc1NC(=O)CN(C)S(=O)(=O)c1ccc(C)cc1. The summed E-state index contributed by atoms with van der Waals surface area (Å²) in [7, 11) is -2.45. The van der Waals surface area contributed by atoms with E-state index >= 15 is 0 Å². The molecule has 0 heterocycles. The number of nitrogens with zero attached hydrogens (tertiary/aromatic N) is 1. The molecule has 0 aliphatic heterocycles. The molecule has 2 N–H and O–H groups in total. The number of para-hydroxylation sites is 1. The van der Waals surface area contributed by atoms with E-state index in [0.717, 1.165) is 16.3 Å². The molecule has 0 bridgehead atoms. The zero-order valence-corrected chi connectivity index (χ0v) is 17.9. The average Bonchev–Trinajstić information content (AvgIpc) is 2.68. The lowest BCUT2D eigenvalue weighted by atomic mass is 10.1. The molecule has 0 aliphatic carbocycles. The Morgan fingerprint density at radius 3 is 2.31 bits per heavy atom. The van der Waals surface area contributed by atoms with E-state index in [2.05, 4.69) is 10.6 Å². The third kappa shape index (κ3) is 5.88. The highest BCUT2D eigenvalue weighted by atomic mass is 32.2. The van der Waals surface area contributed by atoms with Gasteiger partial charge in [0.05, 0.1) is 22.7 Å². The molecule has 0 radical (unpaired) electrons. The standard InChI is InChI=1S/C21H27N3O4S/c1-5-16(3)22-21(26)18-8-6-7-9-19(18)23-20(25)14-24(4)29(27,28)17-12-10-15(2)11-13-17/h6-13,16H,5,14H2,1-4H3,(H,22,26)(H,23,25). The van der Waals surface area contributed by atoms with Crippen LogP contribution in [0.15, 0.2) is 53.4 Å². The van der Waals surface area contributed by atoms with Crippen molar-refractivity contribution >= 4 is 27.5 Å². The topological polar surface area (TPSA) is 95.6 Å². The second-order valence-electron chi connectivity index (χ2n) is 6.95. The number of nitrogens with one attached hydrogen (secondary N) is 2. The fraction of sp³-hybridized carbons (Fsp3) is 0.333. The molecule has 8 heteroatoms. The summed E-state index contributed by atoms with van der Waals surface area (Å²) < 4.78 is 26.3. The Bertz CT molecular complexity index is 972. The minimum absolute atomic E-state index is 0.00274. The van der Waals surface area contributed by atoms with Crippen LogP contribution < -0.4 is 10.6 Å². The maximum atomic E-state index is 12.6. The fourth-order valence-electron chi connectivity index (χ4n) is 2.56. The van der Waals surface area contributed by atoms with Crippen LogP contribution in [-0.2, 0) is 14.8 Å².